The zero-order chi connectivity index (χ0) is 7.56. The summed E-state index contributed by atoms with van der Waals surface area (Å²) >= 11 is 0. The summed E-state index contributed by atoms with van der Waals surface area (Å²) in [4.78, 5) is 0. The summed E-state index contributed by atoms with van der Waals surface area (Å²) in [5.74, 6) is 0.888. The van der Waals surface area contributed by atoms with Crippen LogP contribution < -0.4 is 5.32 Å². The van der Waals surface area contributed by atoms with Gasteiger partial charge in [-0.2, -0.15) is 0 Å². The van der Waals surface area contributed by atoms with Crippen LogP contribution in [0.5, 0.6) is 0 Å². The minimum absolute atomic E-state index is 0.196. The summed E-state index contributed by atoms with van der Waals surface area (Å²) < 4.78 is 0. The van der Waals surface area contributed by atoms with Gasteiger partial charge in [-0.25, -0.2) is 0 Å². The summed E-state index contributed by atoms with van der Waals surface area (Å²) in [6.45, 7) is 4.78. The lowest BCUT2D eigenvalue weighted by molar-refractivity contribution is 0.190. The number of aliphatic hydroxyl groups excluding tert-OH is 1. The van der Waals surface area contributed by atoms with E-state index in [1.807, 2.05) is 6.92 Å². The van der Waals surface area contributed by atoms with Gasteiger partial charge < -0.3 is 10.4 Å². The zero-order valence-corrected chi connectivity index (χ0v) is 6.80. The number of rotatable bonds is 4. The Morgan fingerprint density at radius 3 is 2.80 bits per heavy atom. The fourth-order valence-electron chi connectivity index (χ4n) is 1.27. The highest BCUT2D eigenvalue weighted by Gasteiger charge is 2.34. The predicted molar refractivity (Wildman–Crippen MR) is 41.9 cm³/mol. The molecule has 0 heterocycles. The van der Waals surface area contributed by atoms with Gasteiger partial charge >= 0.3 is 0 Å². The Kier molecular flexibility index (Phi) is 2.69. The van der Waals surface area contributed by atoms with Crippen molar-refractivity contribution in [2.45, 2.75) is 38.8 Å². The molecule has 1 saturated carbocycles. The first kappa shape index (κ1) is 8.02. The van der Waals surface area contributed by atoms with Crippen LogP contribution in [-0.4, -0.2) is 23.8 Å². The van der Waals surface area contributed by atoms with E-state index < -0.39 is 0 Å². The third-order valence-corrected chi connectivity index (χ3v) is 2.12. The van der Waals surface area contributed by atoms with Crippen molar-refractivity contribution in [3.8, 4) is 0 Å². The van der Waals surface area contributed by atoms with Crippen LogP contribution in [0.1, 0.15) is 26.7 Å². The van der Waals surface area contributed by atoms with Crippen molar-refractivity contribution in [2.75, 3.05) is 6.54 Å². The van der Waals surface area contributed by atoms with Crippen LogP contribution in [0.4, 0.5) is 0 Å². The standard InChI is InChI=1S/C8H17NO/c1-3-7-4-8(7)9-5-6(2)10/h6-10H,3-5H2,1-2H3. The Balaban J connectivity index is 1.96. The van der Waals surface area contributed by atoms with E-state index >= 15 is 0 Å². The van der Waals surface area contributed by atoms with Gasteiger partial charge in [-0.05, 0) is 19.3 Å². The molecule has 60 valence electrons. The molecule has 10 heavy (non-hydrogen) atoms. The smallest absolute Gasteiger partial charge is 0.0636 e. The van der Waals surface area contributed by atoms with E-state index in [2.05, 4.69) is 12.2 Å². The largest absolute Gasteiger partial charge is 0.392 e. The summed E-state index contributed by atoms with van der Waals surface area (Å²) in [6, 6.07) is 0.708. The molecule has 0 amide bonds. The summed E-state index contributed by atoms with van der Waals surface area (Å²) in [7, 11) is 0. The van der Waals surface area contributed by atoms with Gasteiger partial charge in [0.05, 0.1) is 6.10 Å². The number of hydrogen-bond donors (Lipinski definition) is 2. The van der Waals surface area contributed by atoms with Crippen molar-refractivity contribution < 1.29 is 5.11 Å². The molecule has 1 fully saturated rings. The van der Waals surface area contributed by atoms with Gasteiger partial charge in [0.15, 0.2) is 0 Å². The summed E-state index contributed by atoms with van der Waals surface area (Å²) in [5, 5.41) is 12.2. The second-order valence-electron chi connectivity index (χ2n) is 3.27. The van der Waals surface area contributed by atoms with Gasteiger partial charge in [-0.3, -0.25) is 0 Å². The van der Waals surface area contributed by atoms with E-state index in [4.69, 9.17) is 5.11 Å². The lowest BCUT2D eigenvalue weighted by Gasteiger charge is -2.04. The molecule has 0 radical (unpaired) electrons. The molecular formula is C8H17NO. The monoisotopic (exact) mass is 143 g/mol. The Hall–Kier alpha value is -0.0800. The van der Waals surface area contributed by atoms with E-state index in [0.717, 1.165) is 12.5 Å². The SMILES string of the molecule is CCC1CC1NCC(C)O. The Morgan fingerprint density at radius 2 is 2.40 bits per heavy atom. The van der Waals surface area contributed by atoms with Crippen molar-refractivity contribution in [2.24, 2.45) is 5.92 Å². The minimum atomic E-state index is -0.196. The molecule has 0 spiro atoms. The quantitative estimate of drug-likeness (QED) is 0.609. The van der Waals surface area contributed by atoms with Gasteiger partial charge in [-0.1, -0.05) is 13.3 Å². The highest BCUT2D eigenvalue weighted by molar-refractivity contribution is 4.91. The average molecular weight is 143 g/mol. The molecule has 2 heteroatoms. The maximum Gasteiger partial charge on any atom is 0.0636 e. The molecule has 0 aliphatic heterocycles. The molecule has 0 bridgehead atoms. The molecule has 0 saturated heterocycles. The van der Waals surface area contributed by atoms with Crippen molar-refractivity contribution >= 4 is 0 Å². The molecule has 0 aromatic rings. The van der Waals surface area contributed by atoms with Crippen LogP contribution in [0.15, 0.2) is 0 Å². The van der Waals surface area contributed by atoms with E-state index in [-0.39, 0.29) is 6.10 Å². The van der Waals surface area contributed by atoms with Gasteiger partial charge in [-0.15, -0.1) is 0 Å². The van der Waals surface area contributed by atoms with E-state index in [1.165, 1.54) is 12.8 Å². The maximum atomic E-state index is 8.93. The lowest BCUT2D eigenvalue weighted by Crippen LogP contribution is -2.27. The molecule has 0 aromatic heterocycles. The van der Waals surface area contributed by atoms with Gasteiger partial charge in [0, 0.05) is 12.6 Å². The highest BCUT2D eigenvalue weighted by atomic mass is 16.3. The number of nitrogens with one attached hydrogen (secondary N) is 1. The summed E-state index contributed by atoms with van der Waals surface area (Å²) in [5.41, 5.74) is 0. The average Bonchev–Trinajstić information content (AvgIpc) is 2.61. The second-order valence-corrected chi connectivity index (χ2v) is 3.27. The van der Waals surface area contributed by atoms with Gasteiger partial charge in [0.25, 0.3) is 0 Å². The van der Waals surface area contributed by atoms with Crippen molar-refractivity contribution in [1.82, 2.24) is 5.32 Å². The van der Waals surface area contributed by atoms with Gasteiger partial charge in [0.1, 0.15) is 0 Å². The van der Waals surface area contributed by atoms with Crippen molar-refractivity contribution in [1.29, 1.82) is 0 Å². The van der Waals surface area contributed by atoms with Crippen LogP contribution in [0.2, 0.25) is 0 Å². The third kappa shape index (κ3) is 2.27. The van der Waals surface area contributed by atoms with E-state index in [9.17, 15) is 0 Å². The Morgan fingerprint density at radius 1 is 1.70 bits per heavy atom. The first-order chi connectivity index (χ1) is 4.74. The van der Waals surface area contributed by atoms with Crippen molar-refractivity contribution in [3.05, 3.63) is 0 Å². The van der Waals surface area contributed by atoms with Crippen LogP contribution in [0, 0.1) is 5.92 Å². The molecule has 1 aliphatic carbocycles. The Labute approximate surface area is 62.6 Å². The van der Waals surface area contributed by atoms with Gasteiger partial charge in [0.2, 0.25) is 0 Å². The Bertz CT molecular complexity index is 103. The number of aliphatic hydroxyl groups is 1. The summed E-state index contributed by atoms with van der Waals surface area (Å²) in [6.07, 6.45) is 2.39. The lowest BCUT2D eigenvalue weighted by atomic mass is 10.3. The molecular weight excluding hydrogens is 126 g/mol. The minimum Gasteiger partial charge on any atom is -0.392 e. The van der Waals surface area contributed by atoms with Crippen LogP contribution in [-0.2, 0) is 0 Å². The highest BCUT2D eigenvalue weighted by Crippen LogP contribution is 2.32. The van der Waals surface area contributed by atoms with Crippen LogP contribution >= 0.6 is 0 Å². The van der Waals surface area contributed by atoms with E-state index in [1.54, 1.807) is 0 Å². The first-order valence-electron chi connectivity index (χ1n) is 4.15. The number of hydrogen-bond acceptors (Lipinski definition) is 2. The molecule has 0 aromatic carbocycles. The zero-order valence-electron chi connectivity index (χ0n) is 6.80. The topological polar surface area (TPSA) is 32.3 Å². The molecule has 3 atom stereocenters. The predicted octanol–water partition coefficient (Wildman–Crippen LogP) is 0.755. The molecule has 1 aliphatic rings. The normalized spacial score (nSPS) is 33.9. The third-order valence-electron chi connectivity index (χ3n) is 2.12. The van der Waals surface area contributed by atoms with Crippen LogP contribution in [0.3, 0.4) is 0 Å². The molecule has 1 rings (SSSR count). The maximum absolute atomic E-state index is 8.93. The van der Waals surface area contributed by atoms with Crippen molar-refractivity contribution in [3.63, 3.8) is 0 Å². The first-order valence-corrected chi connectivity index (χ1v) is 4.15. The molecule has 2 N–H and O–H groups in total. The second kappa shape index (κ2) is 3.35. The van der Waals surface area contributed by atoms with E-state index in [0.29, 0.717) is 6.04 Å². The molecule has 2 nitrogen and oxygen atoms in total. The fraction of sp³-hybridized carbons (Fsp3) is 1.00. The van der Waals surface area contributed by atoms with Crippen LogP contribution in [0.25, 0.3) is 0 Å². The fourth-order valence-corrected chi connectivity index (χ4v) is 1.27. The molecule has 3 unspecified atom stereocenters.